The third kappa shape index (κ3) is 2.28. The van der Waals surface area contributed by atoms with E-state index in [1.807, 2.05) is 0 Å². The predicted molar refractivity (Wildman–Crippen MR) is 85.3 cm³/mol. The van der Waals surface area contributed by atoms with Crippen molar-refractivity contribution in [1.82, 2.24) is 9.55 Å². The van der Waals surface area contributed by atoms with Crippen LogP contribution in [-0.4, -0.2) is 22.6 Å². The monoisotopic (exact) mass is 336 g/mol. The maximum absolute atomic E-state index is 12.3. The normalized spacial score (nSPS) is 10.9. The fourth-order valence-corrected chi connectivity index (χ4v) is 2.82. The lowest BCUT2D eigenvalue weighted by atomic mass is 10.2. The molecular weight excluding hydrogens is 327 g/mol. The Kier molecular flexibility index (Phi) is 3.68. The average Bonchev–Trinajstić information content (AvgIpc) is 2.83. The van der Waals surface area contributed by atoms with E-state index in [0.29, 0.717) is 21.7 Å². The summed E-state index contributed by atoms with van der Waals surface area (Å²) in [6.07, 6.45) is 0. The number of carbonyl (C=O) groups is 1. The Hall–Kier alpha value is -2.24. The molecule has 0 aliphatic carbocycles. The zero-order valence-corrected chi connectivity index (χ0v) is 12.9. The van der Waals surface area contributed by atoms with Gasteiger partial charge in [0.05, 0.1) is 39.4 Å². The Morgan fingerprint density at radius 2 is 1.91 bits per heavy atom. The topological polar surface area (TPSA) is 64.1 Å². The molecule has 3 aromatic rings. The van der Waals surface area contributed by atoms with Gasteiger partial charge in [-0.25, -0.2) is 9.59 Å². The molecule has 112 valence electrons. The molecule has 0 aliphatic rings. The van der Waals surface area contributed by atoms with Gasteiger partial charge in [-0.3, -0.25) is 4.57 Å². The van der Waals surface area contributed by atoms with Crippen LogP contribution in [0.15, 0.2) is 41.2 Å². The van der Waals surface area contributed by atoms with Gasteiger partial charge in [0.15, 0.2) is 0 Å². The largest absolute Gasteiger partial charge is 0.465 e. The fraction of sp³-hybridized carbons (Fsp3) is 0.0667. The van der Waals surface area contributed by atoms with E-state index in [0.717, 1.165) is 0 Å². The van der Waals surface area contributed by atoms with Crippen molar-refractivity contribution >= 4 is 40.2 Å². The number of imidazole rings is 1. The Morgan fingerprint density at radius 1 is 1.18 bits per heavy atom. The zero-order chi connectivity index (χ0) is 15.9. The highest BCUT2D eigenvalue weighted by Crippen LogP contribution is 2.28. The number of hydrogen-bond donors (Lipinski definition) is 1. The predicted octanol–water partition coefficient (Wildman–Crippen LogP) is 3.41. The molecule has 0 aliphatic heterocycles. The molecule has 1 N–H and O–H groups in total. The average molecular weight is 337 g/mol. The highest BCUT2D eigenvalue weighted by Gasteiger charge is 2.17. The molecule has 3 rings (SSSR count). The van der Waals surface area contributed by atoms with Gasteiger partial charge in [0.2, 0.25) is 0 Å². The number of benzene rings is 2. The van der Waals surface area contributed by atoms with Crippen molar-refractivity contribution in [2.24, 2.45) is 0 Å². The first-order valence-corrected chi connectivity index (χ1v) is 7.06. The number of rotatable bonds is 2. The fourth-order valence-electron chi connectivity index (χ4n) is 2.29. The summed E-state index contributed by atoms with van der Waals surface area (Å²) in [6, 6.07) is 9.89. The summed E-state index contributed by atoms with van der Waals surface area (Å²) in [5.41, 5.74) is 1.25. The second-order valence-corrected chi connectivity index (χ2v) is 5.38. The number of halogens is 2. The molecule has 0 saturated heterocycles. The van der Waals surface area contributed by atoms with Crippen LogP contribution in [-0.2, 0) is 4.74 Å². The van der Waals surface area contributed by atoms with Crippen LogP contribution in [0.1, 0.15) is 10.4 Å². The number of nitrogens with one attached hydrogen (secondary N) is 1. The molecule has 1 aromatic heterocycles. The van der Waals surface area contributed by atoms with Crippen molar-refractivity contribution in [2.45, 2.75) is 0 Å². The number of aromatic nitrogens is 2. The van der Waals surface area contributed by atoms with Gasteiger partial charge >= 0.3 is 11.7 Å². The zero-order valence-electron chi connectivity index (χ0n) is 11.4. The molecule has 0 saturated carbocycles. The van der Waals surface area contributed by atoms with Crippen LogP contribution in [0.2, 0.25) is 10.0 Å². The smallest absolute Gasteiger partial charge is 0.337 e. The summed E-state index contributed by atoms with van der Waals surface area (Å²) >= 11 is 12.4. The second kappa shape index (κ2) is 5.51. The number of hydrogen-bond acceptors (Lipinski definition) is 3. The standard InChI is InChI=1S/C15H10Cl2N2O3/c1-22-14(20)8-6-10(17)13-11(7-8)18-15(21)19(13)12-5-3-2-4-9(12)16/h2-7H,1H3,(H,18,21). The number of aromatic amines is 1. The molecular formula is C15H10Cl2N2O3. The molecule has 0 atom stereocenters. The Morgan fingerprint density at radius 3 is 2.59 bits per heavy atom. The minimum Gasteiger partial charge on any atom is -0.465 e. The van der Waals surface area contributed by atoms with Gasteiger partial charge in [-0.2, -0.15) is 0 Å². The van der Waals surface area contributed by atoms with Crippen LogP contribution in [0, 0.1) is 0 Å². The van der Waals surface area contributed by atoms with Gasteiger partial charge in [0, 0.05) is 0 Å². The van der Waals surface area contributed by atoms with Crippen molar-refractivity contribution in [1.29, 1.82) is 0 Å². The third-order valence-corrected chi connectivity index (χ3v) is 3.85. The Labute approximate surface area is 135 Å². The van der Waals surface area contributed by atoms with E-state index in [4.69, 9.17) is 23.2 Å². The summed E-state index contributed by atoms with van der Waals surface area (Å²) in [4.78, 5) is 26.6. The molecule has 2 aromatic carbocycles. The maximum atomic E-state index is 12.3. The first-order chi connectivity index (χ1) is 10.5. The second-order valence-electron chi connectivity index (χ2n) is 4.56. The molecule has 0 unspecified atom stereocenters. The van der Waals surface area contributed by atoms with Crippen molar-refractivity contribution in [2.75, 3.05) is 7.11 Å². The molecule has 0 spiro atoms. The minimum absolute atomic E-state index is 0.246. The molecule has 1 heterocycles. The maximum Gasteiger partial charge on any atom is 0.337 e. The van der Waals surface area contributed by atoms with Crippen molar-refractivity contribution in [3.8, 4) is 5.69 Å². The number of ether oxygens (including phenoxy) is 1. The van der Waals surface area contributed by atoms with E-state index in [9.17, 15) is 9.59 Å². The lowest BCUT2D eigenvalue weighted by molar-refractivity contribution is 0.0601. The summed E-state index contributed by atoms with van der Waals surface area (Å²) < 4.78 is 6.04. The first-order valence-electron chi connectivity index (χ1n) is 6.30. The van der Waals surface area contributed by atoms with Gasteiger partial charge in [0.1, 0.15) is 0 Å². The van der Waals surface area contributed by atoms with Crippen molar-refractivity contribution < 1.29 is 9.53 Å². The molecule has 7 heteroatoms. The van der Waals surface area contributed by atoms with Crippen LogP contribution in [0.5, 0.6) is 0 Å². The SMILES string of the molecule is COC(=O)c1cc(Cl)c2c(c1)[nH]c(=O)n2-c1ccccc1Cl. The summed E-state index contributed by atoms with van der Waals surface area (Å²) in [6.45, 7) is 0. The summed E-state index contributed by atoms with van der Waals surface area (Å²) in [5, 5.41) is 0.662. The molecule has 0 fully saturated rings. The van der Waals surface area contributed by atoms with Gasteiger partial charge in [0.25, 0.3) is 0 Å². The number of fused-ring (bicyclic) bond motifs is 1. The van der Waals surface area contributed by atoms with E-state index in [2.05, 4.69) is 9.72 Å². The van der Waals surface area contributed by atoms with E-state index >= 15 is 0 Å². The Balaban J connectivity index is 2.34. The van der Waals surface area contributed by atoms with Crippen LogP contribution in [0.3, 0.4) is 0 Å². The molecule has 0 radical (unpaired) electrons. The van der Waals surface area contributed by atoms with E-state index in [-0.39, 0.29) is 10.6 Å². The number of para-hydroxylation sites is 1. The van der Waals surface area contributed by atoms with Gasteiger partial charge < -0.3 is 9.72 Å². The lowest BCUT2D eigenvalue weighted by Crippen LogP contribution is -2.15. The van der Waals surface area contributed by atoms with E-state index in [1.165, 1.54) is 23.8 Å². The molecule has 5 nitrogen and oxygen atoms in total. The van der Waals surface area contributed by atoms with E-state index in [1.54, 1.807) is 24.3 Å². The quantitative estimate of drug-likeness (QED) is 0.729. The summed E-state index contributed by atoms with van der Waals surface area (Å²) in [5.74, 6) is -0.532. The minimum atomic E-state index is -0.532. The van der Waals surface area contributed by atoms with Crippen LogP contribution in [0.25, 0.3) is 16.7 Å². The van der Waals surface area contributed by atoms with Crippen LogP contribution in [0.4, 0.5) is 0 Å². The number of carbonyl (C=O) groups excluding carboxylic acids is 1. The van der Waals surface area contributed by atoms with E-state index < -0.39 is 11.7 Å². The molecule has 0 bridgehead atoms. The van der Waals surface area contributed by atoms with Gasteiger partial charge in [-0.1, -0.05) is 35.3 Å². The number of esters is 1. The Bertz CT molecular complexity index is 944. The van der Waals surface area contributed by atoms with Gasteiger partial charge in [-0.05, 0) is 24.3 Å². The first kappa shape index (κ1) is 14.7. The molecule has 22 heavy (non-hydrogen) atoms. The highest BCUT2D eigenvalue weighted by atomic mass is 35.5. The third-order valence-electron chi connectivity index (χ3n) is 3.25. The van der Waals surface area contributed by atoms with Crippen LogP contribution >= 0.6 is 23.2 Å². The van der Waals surface area contributed by atoms with Crippen LogP contribution < -0.4 is 5.69 Å². The van der Waals surface area contributed by atoms with Gasteiger partial charge in [-0.15, -0.1) is 0 Å². The lowest BCUT2D eigenvalue weighted by Gasteiger charge is -2.07. The van der Waals surface area contributed by atoms with Crippen molar-refractivity contribution in [3.05, 3.63) is 62.5 Å². The molecule has 0 amide bonds. The number of methoxy groups -OCH3 is 1. The van der Waals surface area contributed by atoms with Crippen molar-refractivity contribution in [3.63, 3.8) is 0 Å². The highest BCUT2D eigenvalue weighted by molar-refractivity contribution is 6.36. The number of H-pyrrole nitrogens is 1. The number of nitrogens with zero attached hydrogens (tertiary/aromatic N) is 1. The summed E-state index contributed by atoms with van der Waals surface area (Å²) in [7, 11) is 1.28.